The Kier molecular flexibility index (Phi) is 1.47. The fraction of sp³-hybridized carbons (Fsp3) is 0.333. The van der Waals surface area contributed by atoms with Crippen molar-refractivity contribution in [1.82, 2.24) is 9.66 Å². The fourth-order valence-corrected chi connectivity index (χ4v) is 2.33. The Balaban J connectivity index is 2.40. The molecule has 1 aliphatic rings. The second-order valence-corrected chi connectivity index (χ2v) is 4.45. The summed E-state index contributed by atoms with van der Waals surface area (Å²) in [5, 5.41) is 2.50. The highest BCUT2D eigenvalue weighted by atomic mass is 32.1. The van der Waals surface area contributed by atoms with Crippen LogP contribution in [0.4, 0.5) is 0 Å². The van der Waals surface area contributed by atoms with Crippen molar-refractivity contribution in [2.45, 2.75) is 18.8 Å². The number of nitrogens with two attached hydrogens (primary N) is 1. The molecular formula is C9H9N3OS. The summed E-state index contributed by atoms with van der Waals surface area (Å²) in [5.41, 5.74) is -0.127. The van der Waals surface area contributed by atoms with Crippen LogP contribution in [0.25, 0.3) is 10.2 Å². The van der Waals surface area contributed by atoms with E-state index in [-0.39, 0.29) is 5.56 Å². The molecule has 0 atom stereocenters. The summed E-state index contributed by atoms with van der Waals surface area (Å²) in [5.74, 6) is 6.84. The van der Waals surface area contributed by atoms with Crippen molar-refractivity contribution in [3.8, 4) is 0 Å². The van der Waals surface area contributed by atoms with Gasteiger partial charge in [0.15, 0.2) is 0 Å². The van der Waals surface area contributed by atoms with Gasteiger partial charge in [0, 0.05) is 5.92 Å². The third-order valence-corrected chi connectivity index (χ3v) is 3.31. The first kappa shape index (κ1) is 7.99. The zero-order chi connectivity index (χ0) is 9.71. The Morgan fingerprint density at radius 2 is 2.36 bits per heavy atom. The number of nitrogens with zero attached hydrogens (tertiary/aromatic N) is 2. The molecule has 2 N–H and O–H groups in total. The van der Waals surface area contributed by atoms with Crippen LogP contribution in [-0.4, -0.2) is 9.66 Å². The maximum absolute atomic E-state index is 11.7. The van der Waals surface area contributed by atoms with Crippen molar-refractivity contribution >= 4 is 21.6 Å². The minimum atomic E-state index is -0.127. The average molecular weight is 207 g/mol. The predicted molar refractivity (Wildman–Crippen MR) is 56.0 cm³/mol. The Bertz CT molecular complexity index is 553. The second-order valence-electron chi connectivity index (χ2n) is 3.56. The standard InChI is InChI=1S/C9H9N3OS/c10-12-7(5-1-2-5)11-8-6(9(12)13)3-4-14-8/h3-5H,1-2,10H2. The van der Waals surface area contributed by atoms with Crippen LogP contribution in [0.1, 0.15) is 24.6 Å². The van der Waals surface area contributed by atoms with Crippen LogP contribution < -0.4 is 11.4 Å². The summed E-state index contributed by atoms with van der Waals surface area (Å²) in [6.07, 6.45) is 2.20. The largest absolute Gasteiger partial charge is 0.335 e. The molecule has 0 radical (unpaired) electrons. The molecule has 2 aromatic rings. The van der Waals surface area contributed by atoms with Gasteiger partial charge in [-0.05, 0) is 24.3 Å². The lowest BCUT2D eigenvalue weighted by Gasteiger charge is -2.04. The SMILES string of the molecule is Nn1c(C2CC2)nc2sccc2c1=O. The number of hydrogen-bond acceptors (Lipinski definition) is 4. The van der Waals surface area contributed by atoms with Gasteiger partial charge in [-0.15, -0.1) is 11.3 Å². The molecule has 5 heteroatoms. The molecule has 2 heterocycles. The molecule has 1 saturated carbocycles. The predicted octanol–water partition coefficient (Wildman–Crippen LogP) is 1.05. The number of thiophene rings is 1. The Labute approximate surface area is 84.0 Å². The fourth-order valence-electron chi connectivity index (χ4n) is 1.57. The van der Waals surface area contributed by atoms with Gasteiger partial charge in [0.05, 0.1) is 5.39 Å². The van der Waals surface area contributed by atoms with Crippen molar-refractivity contribution in [3.63, 3.8) is 0 Å². The molecule has 3 rings (SSSR count). The van der Waals surface area contributed by atoms with E-state index in [9.17, 15) is 4.79 Å². The van der Waals surface area contributed by atoms with Gasteiger partial charge in [0.25, 0.3) is 5.56 Å². The van der Waals surface area contributed by atoms with E-state index in [0.717, 1.165) is 23.5 Å². The quantitative estimate of drug-likeness (QED) is 0.711. The first-order valence-electron chi connectivity index (χ1n) is 4.52. The summed E-state index contributed by atoms with van der Waals surface area (Å²) in [6, 6.07) is 1.77. The number of hydrogen-bond donors (Lipinski definition) is 1. The summed E-state index contributed by atoms with van der Waals surface area (Å²) in [6.45, 7) is 0. The van der Waals surface area contributed by atoms with Gasteiger partial charge >= 0.3 is 0 Å². The van der Waals surface area contributed by atoms with E-state index in [1.165, 1.54) is 16.0 Å². The van der Waals surface area contributed by atoms with Gasteiger partial charge < -0.3 is 5.84 Å². The van der Waals surface area contributed by atoms with Crippen LogP contribution in [0, 0.1) is 0 Å². The second kappa shape index (κ2) is 2.57. The minimum Gasteiger partial charge on any atom is -0.335 e. The Morgan fingerprint density at radius 3 is 3.07 bits per heavy atom. The molecule has 0 amide bonds. The molecule has 0 unspecified atom stereocenters. The van der Waals surface area contributed by atoms with Gasteiger partial charge in [0.1, 0.15) is 10.7 Å². The van der Waals surface area contributed by atoms with Crippen LogP contribution in [-0.2, 0) is 0 Å². The molecule has 0 saturated heterocycles. The van der Waals surface area contributed by atoms with E-state index >= 15 is 0 Å². The molecule has 0 bridgehead atoms. The highest BCUT2D eigenvalue weighted by molar-refractivity contribution is 7.16. The molecule has 0 aliphatic heterocycles. The van der Waals surface area contributed by atoms with E-state index in [2.05, 4.69) is 4.98 Å². The monoisotopic (exact) mass is 207 g/mol. The summed E-state index contributed by atoms with van der Waals surface area (Å²) < 4.78 is 1.20. The van der Waals surface area contributed by atoms with Gasteiger partial charge in [-0.2, -0.15) is 0 Å². The first-order chi connectivity index (χ1) is 6.77. The molecule has 1 aliphatic carbocycles. The van der Waals surface area contributed by atoms with Crippen LogP contribution in [0.2, 0.25) is 0 Å². The molecule has 1 fully saturated rings. The molecule has 14 heavy (non-hydrogen) atoms. The normalized spacial score (nSPS) is 16.3. The number of rotatable bonds is 1. The number of nitrogen functional groups attached to an aromatic ring is 1. The lowest BCUT2D eigenvalue weighted by molar-refractivity contribution is 0.793. The third kappa shape index (κ3) is 0.988. The molecule has 4 nitrogen and oxygen atoms in total. The topological polar surface area (TPSA) is 60.9 Å². The first-order valence-corrected chi connectivity index (χ1v) is 5.40. The van der Waals surface area contributed by atoms with E-state index in [0.29, 0.717) is 11.3 Å². The maximum atomic E-state index is 11.7. The van der Waals surface area contributed by atoms with Gasteiger partial charge in [0.2, 0.25) is 0 Å². The highest BCUT2D eigenvalue weighted by Gasteiger charge is 2.28. The van der Waals surface area contributed by atoms with Crippen molar-refractivity contribution in [3.05, 3.63) is 27.6 Å². The number of aromatic nitrogens is 2. The van der Waals surface area contributed by atoms with Crippen molar-refractivity contribution in [2.24, 2.45) is 0 Å². The zero-order valence-electron chi connectivity index (χ0n) is 7.43. The number of fused-ring (bicyclic) bond motifs is 1. The lowest BCUT2D eigenvalue weighted by atomic mass is 10.3. The lowest BCUT2D eigenvalue weighted by Crippen LogP contribution is -2.30. The highest BCUT2D eigenvalue weighted by Crippen LogP contribution is 2.38. The molecule has 72 valence electrons. The molecule has 0 aromatic carbocycles. The molecule has 2 aromatic heterocycles. The van der Waals surface area contributed by atoms with Crippen LogP contribution in [0.3, 0.4) is 0 Å². The zero-order valence-corrected chi connectivity index (χ0v) is 8.25. The van der Waals surface area contributed by atoms with E-state index in [1.807, 2.05) is 5.38 Å². The van der Waals surface area contributed by atoms with Gasteiger partial charge in [-0.1, -0.05) is 0 Å². The molecule has 0 spiro atoms. The smallest absolute Gasteiger partial charge is 0.280 e. The third-order valence-electron chi connectivity index (χ3n) is 2.50. The summed E-state index contributed by atoms with van der Waals surface area (Å²) >= 11 is 1.49. The Hall–Kier alpha value is -1.36. The average Bonchev–Trinajstić information content (AvgIpc) is 2.91. The van der Waals surface area contributed by atoms with Crippen LogP contribution in [0.5, 0.6) is 0 Å². The van der Waals surface area contributed by atoms with E-state index in [4.69, 9.17) is 5.84 Å². The van der Waals surface area contributed by atoms with E-state index in [1.54, 1.807) is 6.07 Å². The molecular weight excluding hydrogens is 198 g/mol. The summed E-state index contributed by atoms with van der Waals surface area (Å²) in [4.78, 5) is 17.0. The summed E-state index contributed by atoms with van der Waals surface area (Å²) in [7, 11) is 0. The van der Waals surface area contributed by atoms with Gasteiger partial charge in [-0.25, -0.2) is 9.66 Å². The minimum absolute atomic E-state index is 0.127. The van der Waals surface area contributed by atoms with Crippen LogP contribution in [0.15, 0.2) is 16.2 Å². The van der Waals surface area contributed by atoms with Crippen molar-refractivity contribution in [2.75, 3.05) is 5.84 Å². The maximum Gasteiger partial charge on any atom is 0.280 e. The van der Waals surface area contributed by atoms with Gasteiger partial charge in [-0.3, -0.25) is 4.79 Å². The van der Waals surface area contributed by atoms with E-state index < -0.39 is 0 Å². The van der Waals surface area contributed by atoms with Crippen LogP contribution >= 0.6 is 11.3 Å². The Morgan fingerprint density at radius 1 is 1.57 bits per heavy atom. The van der Waals surface area contributed by atoms with Crippen molar-refractivity contribution in [1.29, 1.82) is 0 Å². The van der Waals surface area contributed by atoms with Crippen molar-refractivity contribution < 1.29 is 0 Å².